The lowest BCUT2D eigenvalue weighted by molar-refractivity contribution is -0.150. The molecule has 2 amide bonds. The van der Waals surface area contributed by atoms with Crippen molar-refractivity contribution in [3.63, 3.8) is 0 Å². The van der Waals surface area contributed by atoms with Gasteiger partial charge in [0.25, 0.3) is 0 Å². The van der Waals surface area contributed by atoms with E-state index in [4.69, 9.17) is 9.47 Å². The lowest BCUT2D eigenvalue weighted by atomic mass is 9.85. The van der Waals surface area contributed by atoms with E-state index in [9.17, 15) is 19.5 Å². The molecule has 1 saturated heterocycles. The van der Waals surface area contributed by atoms with Crippen LogP contribution >= 0.6 is 0 Å². The van der Waals surface area contributed by atoms with Crippen LogP contribution in [0.4, 0.5) is 4.79 Å². The van der Waals surface area contributed by atoms with Crippen molar-refractivity contribution in [2.75, 3.05) is 13.2 Å². The Morgan fingerprint density at radius 3 is 2.78 bits per heavy atom. The van der Waals surface area contributed by atoms with Gasteiger partial charge in [-0.05, 0) is 36.5 Å². The van der Waals surface area contributed by atoms with Crippen LogP contribution in [0.25, 0.3) is 6.08 Å². The van der Waals surface area contributed by atoms with Crippen molar-refractivity contribution in [1.82, 2.24) is 15.2 Å². The maximum Gasteiger partial charge on any atom is 0.407 e. The summed E-state index contributed by atoms with van der Waals surface area (Å²) in [6, 6.07) is 3.65. The van der Waals surface area contributed by atoms with Crippen molar-refractivity contribution in [3.05, 3.63) is 35.7 Å². The number of alkyl carbamates (subject to hydrolysis) is 1. The van der Waals surface area contributed by atoms with E-state index in [1.54, 1.807) is 0 Å². The molecule has 0 saturated carbocycles. The highest BCUT2D eigenvalue weighted by Crippen LogP contribution is 2.27. The summed E-state index contributed by atoms with van der Waals surface area (Å²) < 4.78 is 11.2. The molecule has 1 fully saturated rings. The molecule has 0 aromatic carbocycles. The van der Waals surface area contributed by atoms with Crippen LogP contribution in [0, 0.1) is 5.41 Å². The number of ether oxygens (including phenoxy) is 2. The van der Waals surface area contributed by atoms with Crippen LogP contribution in [0.3, 0.4) is 0 Å². The summed E-state index contributed by atoms with van der Waals surface area (Å²) in [5, 5.41) is 12.4. The monoisotopic (exact) mass is 445 g/mol. The predicted octanol–water partition coefficient (Wildman–Crippen LogP) is 2.60. The largest absolute Gasteiger partial charge is 0.480 e. The molecule has 3 rings (SSSR count). The minimum Gasteiger partial charge on any atom is -0.480 e. The van der Waals surface area contributed by atoms with Crippen LogP contribution in [0.1, 0.15) is 51.4 Å². The molecule has 4 bridgehead atoms. The van der Waals surface area contributed by atoms with E-state index in [0.717, 1.165) is 11.4 Å². The number of hydrogen-bond acceptors (Lipinski definition) is 6. The predicted molar refractivity (Wildman–Crippen MR) is 117 cm³/mol. The first kappa shape index (κ1) is 23.7. The Bertz CT molecular complexity index is 879. The number of carboxylic acid groups (broad SMARTS) is 1. The summed E-state index contributed by atoms with van der Waals surface area (Å²) in [6.07, 6.45) is 4.21. The second kappa shape index (κ2) is 10.1. The zero-order valence-corrected chi connectivity index (χ0v) is 18.7. The number of hydrogen-bond donors (Lipinski definition) is 2. The SMILES string of the molecule is CC(C)(C)[C@@H]1NC(=O)OCCC/C=C/c2cccc(n2)CO[C@@H]2C[C@@H](C(=O)O)N(C2)C1=O. The van der Waals surface area contributed by atoms with Gasteiger partial charge in [-0.15, -0.1) is 0 Å². The van der Waals surface area contributed by atoms with Gasteiger partial charge in [0.15, 0.2) is 0 Å². The fraction of sp³-hybridized carbons (Fsp3) is 0.565. The van der Waals surface area contributed by atoms with Crippen molar-refractivity contribution in [1.29, 1.82) is 0 Å². The molecule has 1 aromatic rings. The third-order valence-electron chi connectivity index (χ3n) is 5.54. The smallest absolute Gasteiger partial charge is 0.407 e. The number of aromatic nitrogens is 1. The maximum atomic E-state index is 13.4. The number of amides is 2. The second-order valence-electron chi connectivity index (χ2n) is 9.19. The first-order valence-electron chi connectivity index (χ1n) is 10.9. The number of cyclic esters (lactones) is 1. The summed E-state index contributed by atoms with van der Waals surface area (Å²) in [7, 11) is 0. The molecule has 174 valence electrons. The van der Waals surface area contributed by atoms with Gasteiger partial charge in [0.05, 0.1) is 30.7 Å². The van der Waals surface area contributed by atoms with Crippen molar-refractivity contribution in [3.8, 4) is 0 Å². The average Bonchev–Trinajstić information content (AvgIpc) is 3.16. The minimum atomic E-state index is -1.10. The molecule has 0 spiro atoms. The zero-order valence-electron chi connectivity index (χ0n) is 18.7. The fourth-order valence-electron chi connectivity index (χ4n) is 3.81. The number of fused-ring (bicyclic) bond motifs is 4. The van der Waals surface area contributed by atoms with Crippen LogP contribution < -0.4 is 5.32 Å². The number of nitrogens with zero attached hydrogens (tertiary/aromatic N) is 2. The number of carbonyl (C=O) groups excluding carboxylic acids is 2. The summed E-state index contributed by atoms with van der Waals surface area (Å²) in [5.74, 6) is -1.56. The van der Waals surface area contributed by atoms with Crippen LogP contribution in [0.2, 0.25) is 0 Å². The highest BCUT2D eigenvalue weighted by Gasteiger charge is 2.45. The quantitative estimate of drug-likeness (QED) is 0.682. The molecule has 0 unspecified atom stereocenters. The van der Waals surface area contributed by atoms with E-state index in [2.05, 4.69) is 10.3 Å². The number of aliphatic carboxylic acids is 1. The van der Waals surface area contributed by atoms with Crippen molar-refractivity contribution in [2.45, 2.75) is 64.8 Å². The Hall–Kier alpha value is -2.94. The lowest BCUT2D eigenvalue weighted by Crippen LogP contribution is -2.56. The zero-order chi connectivity index (χ0) is 23.3. The standard InChI is InChI=1S/C23H31N3O6/c1-23(2,3)19-20(27)26-13-17(12-18(26)21(28)29)32-14-16-10-7-9-15(24-16)8-5-4-6-11-31-22(30)25-19/h5,7-10,17-19H,4,6,11-14H2,1-3H3,(H,25,30)(H,28,29)/b8-5+/t17-,18+,19-/m1/s1. The molecule has 2 aliphatic rings. The van der Waals surface area contributed by atoms with Crippen molar-refractivity contribution < 1.29 is 29.0 Å². The normalized spacial score (nSPS) is 26.5. The van der Waals surface area contributed by atoms with Crippen LogP contribution in [-0.4, -0.2) is 64.3 Å². The molecule has 32 heavy (non-hydrogen) atoms. The van der Waals surface area contributed by atoms with Crippen LogP contribution in [0.15, 0.2) is 24.3 Å². The van der Waals surface area contributed by atoms with Gasteiger partial charge in [-0.1, -0.05) is 32.9 Å². The molecule has 1 aromatic heterocycles. The Morgan fingerprint density at radius 2 is 2.06 bits per heavy atom. The summed E-state index contributed by atoms with van der Waals surface area (Å²) >= 11 is 0. The molecular weight excluding hydrogens is 414 g/mol. The molecule has 0 radical (unpaired) electrons. The first-order valence-corrected chi connectivity index (χ1v) is 10.9. The van der Waals surface area contributed by atoms with E-state index < -0.39 is 41.6 Å². The second-order valence-corrected chi connectivity index (χ2v) is 9.19. The molecule has 2 N–H and O–H groups in total. The summed E-state index contributed by atoms with van der Waals surface area (Å²) in [4.78, 5) is 43.4. The number of rotatable bonds is 1. The third kappa shape index (κ3) is 6.06. The van der Waals surface area contributed by atoms with Gasteiger partial charge in [0, 0.05) is 13.0 Å². The number of allylic oxidation sites excluding steroid dienone is 1. The van der Waals surface area contributed by atoms with Crippen LogP contribution in [0.5, 0.6) is 0 Å². The van der Waals surface area contributed by atoms with E-state index in [1.165, 1.54) is 4.90 Å². The van der Waals surface area contributed by atoms with E-state index in [0.29, 0.717) is 12.8 Å². The number of nitrogens with one attached hydrogen (secondary N) is 1. The molecule has 9 nitrogen and oxygen atoms in total. The van der Waals surface area contributed by atoms with Crippen LogP contribution in [-0.2, 0) is 25.7 Å². The van der Waals surface area contributed by atoms with Gasteiger partial charge in [0.2, 0.25) is 5.91 Å². The van der Waals surface area contributed by atoms with Gasteiger partial charge in [-0.2, -0.15) is 0 Å². The molecule has 0 aliphatic carbocycles. The average molecular weight is 446 g/mol. The van der Waals surface area contributed by atoms with Gasteiger partial charge >= 0.3 is 12.1 Å². The Morgan fingerprint density at radius 1 is 1.28 bits per heavy atom. The summed E-state index contributed by atoms with van der Waals surface area (Å²) in [5.41, 5.74) is 0.866. The molecule has 3 atom stereocenters. The van der Waals surface area contributed by atoms with E-state index in [1.807, 2.05) is 51.1 Å². The van der Waals surface area contributed by atoms with Gasteiger partial charge in [-0.3, -0.25) is 9.78 Å². The molecule has 2 aliphatic heterocycles. The number of carboxylic acids is 1. The topological polar surface area (TPSA) is 118 Å². The minimum absolute atomic E-state index is 0.124. The molecule has 9 heteroatoms. The van der Waals surface area contributed by atoms with E-state index in [-0.39, 0.29) is 26.2 Å². The first-order chi connectivity index (χ1) is 15.1. The highest BCUT2D eigenvalue weighted by molar-refractivity contribution is 5.90. The van der Waals surface area contributed by atoms with Gasteiger partial charge in [-0.25, -0.2) is 9.59 Å². The molecule has 3 heterocycles. The van der Waals surface area contributed by atoms with E-state index >= 15 is 0 Å². The Kier molecular flexibility index (Phi) is 7.50. The summed E-state index contributed by atoms with van der Waals surface area (Å²) in [6.45, 7) is 5.97. The third-order valence-corrected chi connectivity index (χ3v) is 5.54. The molecular formula is C23H31N3O6. The maximum absolute atomic E-state index is 13.4. The fourth-order valence-corrected chi connectivity index (χ4v) is 3.81. The highest BCUT2D eigenvalue weighted by atomic mass is 16.5. The number of carbonyl (C=O) groups is 3. The Labute approximate surface area is 187 Å². The van der Waals surface area contributed by atoms with Gasteiger partial charge < -0.3 is 24.8 Å². The Balaban J connectivity index is 1.86. The van der Waals surface area contributed by atoms with Crippen molar-refractivity contribution >= 4 is 24.0 Å². The number of pyridine rings is 1. The van der Waals surface area contributed by atoms with Crippen molar-refractivity contribution in [2.24, 2.45) is 5.41 Å². The van der Waals surface area contributed by atoms with Gasteiger partial charge in [0.1, 0.15) is 12.1 Å². The lowest BCUT2D eigenvalue weighted by Gasteiger charge is -2.34.